The van der Waals surface area contributed by atoms with Crippen LogP contribution in [0.15, 0.2) is 72.8 Å². The Kier molecular flexibility index (Phi) is 11.7. The molecule has 0 spiro atoms. The maximum Gasteiger partial charge on any atom is 0.249 e. The van der Waals surface area contributed by atoms with E-state index in [0.29, 0.717) is 6.61 Å². The molecular formula is C34H44N4O5. The summed E-state index contributed by atoms with van der Waals surface area (Å²) in [7, 11) is 3.22. The van der Waals surface area contributed by atoms with Crippen molar-refractivity contribution in [1.82, 2.24) is 20.4 Å². The number of hydrogen-bond acceptors (Lipinski definition) is 6. The van der Waals surface area contributed by atoms with Gasteiger partial charge in [-0.1, -0.05) is 72.8 Å². The highest BCUT2D eigenvalue weighted by Crippen LogP contribution is 2.20. The lowest BCUT2D eigenvalue weighted by molar-refractivity contribution is -0.149. The molecule has 1 saturated heterocycles. The summed E-state index contributed by atoms with van der Waals surface area (Å²) < 4.78 is 5.75. The Labute approximate surface area is 254 Å². The van der Waals surface area contributed by atoms with Crippen LogP contribution in [0.1, 0.15) is 30.9 Å². The van der Waals surface area contributed by atoms with Crippen molar-refractivity contribution in [3.8, 4) is 0 Å². The molecule has 230 valence electrons. The van der Waals surface area contributed by atoms with Gasteiger partial charge in [-0.2, -0.15) is 0 Å². The molecule has 9 nitrogen and oxygen atoms in total. The number of aliphatic hydroxyl groups is 1. The number of aliphatic hydroxyl groups excluding tert-OH is 1. The van der Waals surface area contributed by atoms with Gasteiger partial charge in [0.1, 0.15) is 18.7 Å². The van der Waals surface area contributed by atoms with Crippen molar-refractivity contribution in [3.63, 3.8) is 0 Å². The van der Waals surface area contributed by atoms with Crippen molar-refractivity contribution in [2.75, 3.05) is 40.4 Å². The molecule has 1 aliphatic rings. The second kappa shape index (κ2) is 15.6. The van der Waals surface area contributed by atoms with Crippen molar-refractivity contribution in [1.29, 1.82) is 0 Å². The van der Waals surface area contributed by atoms with Gasteiger partial charge in [-0.15, -0.1) is 0 Å². The van der Waals surface area contributed by atoms with Crippen LogP contribution < -0.4 is 10.6 Å². The number of carbonyl (C=O) groups is 3. The lowest BCUT2D eigenvalue weighted by Gasteiger charge is -2.35. The summed E-state index contributed by atoms with van der Waals surface area (Å²) in [5.74, 6) is -1.02. The van der Waals surface area contributed by atoms with Crippen LogP contribution in [-0.2, 0) is 32.0 Å². The summed E-state index contributed by atoms with van der Waals surface area (Å²) in [6.07, 6.45) is 1.93. The first kappa shape index (κ1) is 32.1. The second-order valence-corrected chi connectivity index (χ2v) is 11.5. The molecule has 0 aromatic heterocycles. The van der Waals surface area contributed by atoms with Gasteiger partial charge >= 0.3 is 0 Å². The van der Waals surface area contributed by atoms with Gasteiger partial charge in [0.05, 0.1) is 12.7 Å². The molecule has 1 fully saturated rings. The number of likely N-dealkylation sites (N-methyl/N-ethyl adjacent to an activating group) is 2. The average Bonchev–Trinajstić information content (AvgIpc) is 3.54. The third kappa shape index (κ3) is 9.10. The van der Waals surface area contributed by atoms with Crippen LogP contribution in [0.25, 0.3) is 10.8 Å². The fourth-order valence-corrected chi connectivity index (χ4v) is 5.44. The molecule has 0 aliphatic carbocycles. The molecule has 4 atom stereocenters. The van der Waals surface area contributed by atoms with Crippen LogP contribution in [0.4, 0.5) is 0 Å². The lowest BCUT2D eigenvalue weighted by atomic mass is 9.98. The molecule has 43 heavy (non-hydrogen) atoms. The zero-order valence-electron chi connectivity index (χ0n) is 25.4. The predicted molar refractivity (Wildman–Crippen MR) is 167 cm³/mol. The number of rotatable bonds is 14. The van der Waals surface area contributed by atoms with Crippen molar-refractivity contribution in [2.45, 2.75) is 56.8 Å². The molecule has 9 heteroatoms. The molecule has 0 saturated carbocycles. The molecular weight excluding hydrogens is 544 g/mol. The van der Waals surface area contributed by atoms with Gasteiger partial charge in [0.15, 0.2) is 0 Å². The zero-order valence-corrected chi connectivity index (χ0v) is 25.4. The molecule has 3 amide bonds. The summed E-state index contributed by atoms with van der Waals surface area (Å²) in [5, 5.41) is 18.0. The molecule has 4 unspecified atom stereocenters. The Hall–Kier alpha value is -3.79. The van der Waals surface area contributed by atoms with Crippen LogP contribution in [-0.4, -0.2) is 97.3 Å². The highest BCUT2D eigenvalue weighted by Gasteiger charge is 2.35. The summed E-state index contributed by atoms with van der Waals surface area (Å²) in [6.45, 7) is 2.91. The predicted octanol–water partition coefficient (Wildman–Crippen LogP) is 2.54. The molecule has 3 N–H and O–H groups in total. The zero-order chi connectivity index (χ0) is 30.8. The average molecular weight is 589 g/mol. The number of hydrogen-bond donors (Lipinski definition) is 3. The Morgan fingerprint density at radius 1 is 0.930 bits per heavy atom. The summed E-state index contributed by atoms with van der Waals surface area (Å²) in [5.41, 5.74) is 1.79. The van der Waals surface area contributed by atoms with E-state index in [9.17, 15) is 19.5 Å². The van der Waals surface area contributed by atoms with E-state index in [2.05, 4.69) is 10.6 Å². The van der Waals surface area contributed by atoms with Gasteiger partial charge in [-0.25, -0.2) is 0 Å². The normalized spacial score (nSPS) is 16.8. The van der Waals surface area contributed by atoms with Crippen LogP contribution in [0, 0.1) is 0 Å². The number of carbonyl (C=O) groups excluding carboxylic acids is 3. The fraction of sp³-hybridized carbons (Fsp3) is 0.441. The van der Waals surface area contributed by atoms with Gasteiger partial charge < -0.3 is 30.3 Å². The molecule has 0 radical (unpaired) electrons. The fourth-order valence-electron chi connectivity index (χ4n) is 5.44. The summed E-state index contributed by atoms with van der Waals surface area (Å²) in [6, 6.07) is 22.0. The van der Waals surface area contributed by atoms with Gasteiger partial charge in [0.2, 0.25) is 17.7 Å². The molecule has 0 bridgehead atoms. The van der Waals surface area contributed by atoms with E-state index in [1.807, 2.05) is 72.8 Å². The molecule has 3 aromatic rings. The molecule has 1 heterocycles. The van der Waals surface area contributed by atoms with E-state index in [-0.39, 0.29) is 49.8 Å². The number of nitrogens with zero attached hydrogens (tertiary/aromatic N) is 2. The number of benzene rings is 3. The van der Waals surface area contributed by atoms with Crippen LogP contribution in [0.5, 0.6) is 0 Å². The second-order valence-electron chi connectivity index (χ2n) is 11.5. The van der Waals surface area contributed by atoms with Gasteiger partial charge in [-0.3, -0.25) is 14.4 Å². The highest BCUT2D eigenvalue weighted by atomic mass is 16.5. The van der Waals surface area contributed by atoms with Crippen molar-refractivity contribution in [3.05, 3.63) is 83.9 Å². The lowest BCUT2D eigenvalue weighted by Crippen LogP contribution is -2.56. The first-order valence-corrected chi connectivity index (χ1v) is 15.0. The van der Waals surface area contributed by atoms with Gasteiger partial charge in [-0.05, 0) is 48.2 Å². The Balaban J connectivity index is 1.57. The minimum absolute atomic E-state index is 0.0677. The first-order valence-electron chi connectivity index (χ1n) is 15.0. The highest BCUT2D eigenvalue weighted by molar-refractivity contribution is 5.92. The third-order valence-electron chi connectivity index (χ3n) is 8.06. The van der Waals surface area contributed by atoms with E-state index in [0.717, 1.165) is 41.3 Å². The van der Waals surface area contributed by atoms with Crippen LogP contribution in [0.3, 0.4) is 0 Å². The Bertz CT molecular complexity index is 1360. The standard InChI is InChI=1S/C34H44N4O5/c1-24(39)21-36-33(41)30(19-25-10-5-4-6-11-25)38(3)34(42)31(20-26-15-16-27-12-7-8-13-28(27)18-26)37(2)32(40)23-43-22-29-14-9-17-35-29/h4-8,10-13,15-16,18,24,29-31,35,39H,9,14,17,19-23H2,1-3H3,(H,36,41). The Morgan fingerprint density at radius 2 is 1.63 bits per heavy atom. The summed E-state index contributed by atoms with van der Waals surface area (Å²) in [4.78, 5) is 43.9. The van der Waals surface area contributed by atoms with E-state index >= 15 is 0 Å². The monoisotopic (exact) mass is 588 g/mol. The number of fused-ring (bicyclic) bond motifs is 1. The molecule has 3 aromatic carbocycles. The molecule has 4 rings (SSSR count). The number of ether oxygens (including phenoxy) is 1. The first-order chi connectivity index (χ1) is 20.7. The van der Waals surface area contributed by atoms with E-state index in [1.165, 1.54) is 9.80 Å². The van der Waals surface area contributed by atoms with Crippen LogP contribution in [0.2, 0.25) is 0 Å². The minimum atomic E-state index is -0.866. The van der Waals surface area contributed by atoms with E-state index in [4.69, 9.17) is 4.74 Å². The number of amides is 3. The maximum absolute atomic E-state index is 14.3. The van der Waals surface area contributed by atoms with E-state index < -0.39 is 18.2 Å². The summed E-state index contributed by atoms with van der Waals surface area (Å²) >= 11 is 0. The SMILES string of the molecule is CC(O)CNC(=O)C(Cc1ccccc1)N(C)C(=O)C(Cc1ccc2ccccc2c1)N(C)C(=O)COCC1CCCN1. The van der Waals surface area contributed by atoms with Crippen molar-refractivity contribution >= 4 is 28.5 Å². The number of nitrogens with one attached hydrogen (secondary N) is 2. The third-order valence-corrected chi connectivity index (χ3v) is 8.06. The van der Waals surface area contributed by atoms with Crippen molar-refractivity contribution in [2.24, 2.45) is 0 Å². The Morgan fingerprint density at radius 3 is 2.33 bits per heavy atom. The maximum atomic E-state index is 14.3. The van der Waals surface area contributed by atoms with Gasteiger partial charge in [0, 0.05) is 39.5 Å². The minimum Gasteiger partial charge on any atom is -0.392 e. The largest absolute Gasteiger partial charge is 0.392 e. The van der Waals surface area contributed by atoms with Gasteiger partial charge in [0.25, 0.3) is 0 Å². The topological polar surface area (TPSA) is 111 Å². The quantitative estimate of drug-likeness (QED) is 0.267. The smallest absolute Gasteiger partial charge is 0.249 e. The van der Waals surface area contributed by atoms with Crippen molar-refractivity contribution < 1.29 is 24.2 Å². The van der Waals surface area contributed by atoms with E-state index in [1.54, 1.807) is 21.0 Å². The van der Waals surface area contributed by atoms with Crippen LogP contribution >= 0.6 is 0 Å². The molecule has 1 aliphatic heterocycles.